The van der Waals surface area contributed by atoms with Crippen LogP contribution in [0.5, 0.6) is 0 Å². The number of aliphatic hydroxyl groups is 2. The summed E-state index contributed by atoms with van der Waals surface area (Å²) in [5.41, 5.74) is 0.704. The van der Waals surface area contributed by atoms with Crippen molar-refractivity contribution in [2.75, 3.05) is 6.61 Å². The molecule has 3 saturated carbocycles. The van der Waals surface area contributed by atoms with Gasteiger partial charge in [-0.05, 0) is 66.6 Å². The third-order valence-electron chi connectivity index (χ3n) is 8.58. The molecule has 4 aliphatic rings. The van der Waals surface area contributed by atoms with E-state index < -0.39 is 0 Å². The second kappa shape index (κ2) is 4.39. The Morgan fingerprint density at radius 3 is 2.55 bits per heavy atom. The van der Waals surface area contributed by atoms with Gasteiger partial charge in [-0.2, -0.15) is 0 Å². The number of fused-ring (bicyclic) bond motifs is 3. The van der Waals surface area contributed by atoms with Crippen molar-refractivity contribution >= 4 is 0 Å². The predicted molar refractivity (Wildman–Crippen MR) is 88.3 cm³/mol. The van der Waals surface area contributed by atoms with Gasteiger partial charge in [-0.25, -0.2) is 0 Å². The largest absolute Gasteiger partial charge is 0.396 e. The summed E-state index contributed by atoms with van der Waals surface area (Å²) in [5, 5.41) is 20.8. The maximum Gasteiger partial charge on any atom is 0.0631 e. The van der Waals surface area contributed by atoms with Crippen molar-refractivity contribution in [3.8, 4) is 0 Å². The van der Waals surface area contributed by atoms with Gasteiger partial charge in [-0.15, -0.1) is 0 Å². The highest BCUT2D eigenvalue weighted by atomic mass is 16.3. The molecule has 0 amide bonds. The second-order valence-electron chi connectivity index (χ2n) is 9.82. The zero-order valence-corrected chi connectivity index (χ0v) is 14.4. The Hall–Kier alpha value is -0.340. The molecule has 0 aromatic heterocycles. The molecular weight excluding hydrogens is 272 g/mol. The van der Waals surface area contributed by atoms with Crippen molar-refractivity contribution in [2.24, 2.45) is 33.5 Å². The molecule has 0 heterocycles. The van der Waals surface area contributed by atoms with E-state index in [1.165, 1.54) is 32.1 Å². The van der Waals surface area contributed by atoms with Gasteiger partial charge in [0.2, 0.25) is 0 Å². The van der Waals surface area contributed by atoms with Gasteiger partial charge in [-0.3, -0.25) is 0 Å². The summed E-state index contributed by atoms with van der Waals surface area (Å²) < 4.78 is 0. The molecule has 7 atom stereocenters. The van der Waals surface area contributed by atoms with Crippen LogP contribution in [-0.2, 0) is 0 Å². The van der Waals surface area contributed by atoms with Crippen LogP contribution in [0.25, 0.3) is 0 Å². The van der Waals surface area contributed by atoms with E-state index in [4.69, 9.17) is 0 Å². The second-order valence-corrected chi connectivity index (χ2v) is 9.82. The van der Waals surface area contributed by atoms with Crippen LogP contribution < -0.4 is 0 Å². The fourth-order valence-corrected chi connectivity index (χ4v) is 7.37. The number of hydrogen-bond acceptors (Lipinski definition) is 2. The Morgan fingerprint density at radius 1 is 1.05 bits per heavy atom. The Bertz CT molecular complexity index is 514. The van der Waals surface area contributed by atoms with Gasteiger partial charge >= 0.3 is 0 Å². The summed E-state index contributed by atoms with van der Waals surface area (Å²) in [7, 11) is 0. The van der Waals surface area contributed by atoms with Gasteiger partial charge in [0.1, 0.15) is 0 Å². The number of allylic oxidation sites excluding steroid dienone is 1. The Kier molecular flexibility index (Phi) is 3.03. The van der Waals surface area contributed by atoms with Gasteiger partial charge in [0.05, 0.1) is 6.10 Å². The molecule has 22 heavy (non-hydrogen) atoms. The lowest BCUT2D eigenvalue weighted by Crippen LogP contribution is -2.59. The highest BCUT2D eigenvalue weighted by Gasteiger charge is 2.65. The fourth-order valence-electron chi connectivity index (χ4n) is 7.37. The number of rotatable bonds is 1. The Balaban J connectivity index is 1.76. The molecule has 0 unspecified atom stereocenters. The molecule has 2 nitrogen and oxygen atoms in total. The van der Waals surface area contributed by atoms with Crippen LogP contribution in [0.4, 0.5) is 0 Å². The van der Waals surface area contributed by atoms with E-state index in [2.05, 4.69) is 32.9 Å². The zero-order chi connectivity index (χ0) is 15.8. The molecule has 1 spiro atoms. The molecule has 0 aromatic rings. The third kappa shape index (κ3) is 1.69. The highest BCUT2D eigenvalue weighted by Crippen LogP contribution is 2.71. The van der Waals surface area contributed by atoms with Crippen LogP contribution >= 0.6 is 0 Å². The lowest BCUT2D eigenvalue weighted by atomic mass is 9.40. The first-order valence-corrected chi connectivity index (χ1v) is 9.27. The van der Waals surface area contributed by atoms with Gasteiger partial charge in [0, 0.05) is 12.0 Å². The summed E-state index contributed by atoms with van der Waals surface area (Å²) in [6.07, 6.45) is 12.9. The average molecular weight is 304 g/mol. The average Bonchev–Trinajstić information content (AvgIpc) is 2.77. The van der Waals surface area contributed by atoms with Crippen LogP contribution in [0.3, 0.4) is 0 Å². The minimum atomic E-state index is -0.192. The quantitative estimate of drug-likeness (QED) is 0.721. The predicted octanol–water partition coefficient (Wildman–Crippen LogP) is 3.92. The molecule has 2 N–H and O–H groups in total. The highest BCUT2D eigenvalue weighted by molar-refractivity contribution is 5.27. The third-order valence-corrected chi connectivity index (χ3v) is 8.58. The maximum absolute atomic E-state index is 10.8. The molecule has 2 heteroatoms. The molecule has 0 saturated heterocycles. The summed E-state index contributed by atoms with van der Waals surface area (Å²) >= 11 is 0. The van der Waals surface area contributed by atoms with Gasteiger partial charge in [0.25, 0.3) is 0 Å². The topological polar surface area (TPSA) is 40.5 Å². The van der Waals surface area contributed by atoms with E-state index in [1.807, 2.05) is 0 Å². The summed E-state index contributed by atoms with van der Waals surface area (Å²) in [4.78, 5) is 0. The lowest BCUT2D eigenvalue weighted by Gasteiger charge is -2.65. The fraction of sp³-hybridized carbons (Fsp3) is 0.900. The maximum atomic E-state index is 10.8. The molecule has 4 aliphatic carbocycles. The molecular formula is C20H32O2. The van der Waals surface area contributed by atoms with Crippen LogP contribution in [0.15, 0.2) is 12.2 Å². The van der Waals surface area contributed by atoms with E-state index >= 15 is 0 Å². The van der Waals surface area contributed by atoms with Gasteiger partial charge in [0.15, 0.2) is 0 Å². The van der Waals surface area contributed by atoms with Crippen LogP contribution in [0, 0.1) is 33.5 Å². The molecule has 0 aromatic carbocycles. The zero-order valence-electron chi connectivity index (χ0n) is 14.4. The van der Waals surface area contributed by atoms with Crippen molar-refractivity contribution in [3.63, 3.8) is 0 Å². The first kappa shape index (κ1) is 15.2. The van der Waals surface area contributed by atoms with Crippen molar-refractivity contribution < 1.29 is 10.2 Å². The minimum Gasteiger partial charge on any atom is -0.396 e. The molecule has 2 bridgehead atoms. The van der Waals surface area contributed by atoms with Crippen molar-refractivity contribution in [1.82, 2.24) is 0 Å². The van der Waals surface area contributed by atoms with Crippen LogP contribution in [0.2, 0.25) is 0 Å². The van der Waals surface area contributed by atoms with E-state index in [1.54, 1.807) is 0 Å². The van der Waals surface area contributed by atoms with Crippen molar-refractivity contribution in [3.05, 3.63) is 12.2 Å². The molecule has 0 radical (unpaired) electrons. The summed E-state index contributed by atoms with van der Waals surface area (Å²) in [5.74, 6) is 1.20. The Labute approximate surface area is 135 Å². The first-order valence-electron chi connectivity index (χ1n) is 9.27. The van der Waals surface area contributed by atoms with Crippen molar-refractivity contribution in [2.45, 2.75) is 71.8 Å². The van der Waals surface area contributed by atoms with E-state index in [0.717, 1.165) is 12.8 Å². The standard InChI is InChI=1S/C20H32O2/c1-17-9-10-20(12-17)8-5-14-18(2,13-21)6-4-7-19(14,3)15(20)11-16(17)22/h9-10,14-16,21-22H,4-8,11-13H2,1-3H3/t14-,15+,16-,17-,18+,19-,20+/m1/s1. The molecule has 124 valence electrons. The molecule has 3 fully saturated rings. The molecule has 4 rings (SSSR count). The first-order chi connectivity index (χ1) is 10.3. The number of hydrogen-bond donors (Lipinski definition) is 2. The van der Waals surface area contributed by atoms with Gasteiger partial charge < -0.3 is 10.2 Å². The van der Waals surface area contributed by atoms with E-state index in [9.17, 15) is 10.2 Å². The van der Waals surface area contributed by atoms with Crippen LogP contribution in [-0.4, -0.2) is 22.9 Å². The normalized spacial score (nSPS) is 60.0. The molecule has 0 aliphatic heterocycles. The van der Waals surface area contributed by atoms with E-state index in [0.29, 0.717) is 23.9 Å². The van der Waals surface area contributed by atoms with E-state index in [-0.39, 0.29) is 22.3 Å². The summed E-state index contributed by atoms with van der Waals surface area (Å²) in [6, 6.07) is 0. The monoisotopic (exact) mass is 304 g/mol. The lowest BCUT2D eigenvalue weighted by molar-refractivity contribution is -0.174. The SMILES string of the molecule is C[C@@]1(CO)CCC[C@]2(C)[C@@H]1CC[C@]13C=C[C@](C)(C1)[C@H](O)C[C@H]32. The van der Waals surface area contributed by atoms with Gasteiger partial charge in [-0.1, -0.05) is 39.3 Å². The summed E-state index contributed by atoms with van der Waals surface area (Å²) in [6.45, 7) is 7.36. The Morgan fingerprint density at radius 2 is 1.82 bits per heavy atom. The number of aliphatic hydroxyl groups excluding tert-OH is 2. The van der Waals surface area contributed by atoms with Crippen LogP contribution in [0.1, 0.15) is 65.7 Å². The smallest absolute Gasteiger partial charge is 0.0631 e. The van der Waals surface area contributed by atoms with Crippen molar-refractivity contribution in [1.29, 1.82) is 0 Å². The minimum absolute atomic E-state index is 0.00858.